The molecule has 1 aliphatic rings. The van der Waals surface area contributed by atoms with E-state index in [0.717, 1.165) is 48.4 Å². The molecule has 0 bridgehead atoms. The quantitative estimate of drug-likeness (QED) is 0.0798. The summed E-state index contributed by atoms with van der Waals surface area (Å²) in [5.41, 5.74) is 12.3. The van der Waals surface area contributed by atoms with E-state index in [0.29, 0.717) is 40.1 Å². The second-order valence-corrected chi connectivity index (χ2v) is 21.2. The summed E-state index contributed by atoms with van der Waals surface area (Å²) >= 11 is 12.8. The average molecular weight is 735 g/mol. The third kappa shape index (κ3) is 7.82. The van der Waals surface area contributed by atoms with Crippen LogP contribution in [0.3, 0.4) is 0 Å². The van der Waals surface area contributed by atoms with Crippen LogP contribution in [0.15, 0.2) is 109 Å². The van der Waals surface area contributed by atoms with E-state index in [4.69, 9.17) is 38.7 Å². The van der Waals surface area contributed by atoms with Crippen molar-refractivity contribution in [1.82, 2.24) is 13.9 Å². The number of rotatable bonds is 11. The molecule has 0 radical (unpaired) electrons. The predicted octanol–water partition coefficient (Wildman–Crippen LogP) is 8.72. The smallest absolute Gasteiger partial charge is 0.334 e. The van der Waals surface area contributed by atoms with Crippen molar-refractivity contribution >= 4 is 52.9 Å². The number of aliphatic hydroxyl groups is 1. The normalized spacial score (nSPS) is 14.3. The molecular weight excluding hydrogens is 697 g/mol. The zero-order chi connectivity index (χ0) is 34.9. The molecule has 0 fully saturated rings. The Morgan fingerprint density at radius 1 is 0.878 bits per heavy atom. The van der Waals surface area contributed by atoms with Gasteiger partial charge in [-0.05, 0) is 77.3 Å². The van der Waals surface area contributed by atoms with Crippen molar-refractivity contribution in [3.8, 4) is 28.1 Å². The number of ether oxygens (including phenoxy) is 1. The van der Waals surface area contributed by atoms with Gasteiger partial charge in [0.2, 0.25) is 5.88 Å². The van der Waals surface area contributed by atoms with Gasteiger partial charge in [0.15, 0.2) is 0 Å². The number of hydrogen-bond acceptors (Lipinski definition) is 6. The molecule has 0 saturated carbocycles. The summed E-state index contributed by atoms with van der Waals surface area (Å²) in [7, 11) is -5.43. The van der Waals surface area contributed by atoms with Crippen LogP contribution in [0.5, 0.6) is 0 Å². The number of hydrogen-bond donors (Lipinski definition) is 2. The highest BCUT2D eigenvalue weighted by Gasteiger charge is 2.38. The summed E-state index contributed by atoms with van der Waals surface area (Å²) in [4.78, 5) is 4.98. The van der Waals surface area contributed by atoms with Crippen LogP contribution in [-0.2, 0) is 21.4 Å². The third-order valence-electron chi connectivity index (χ3n) is 8.15. The molecule has 49 heavy (non-hydrogen) atoms. The van der Waals surface area contributed by atoms with Crippen LogP contribution in [0.1, 0.15) is 11.4 Å². The minimum absolute atomic E-state index is 0.265. The van der Waals surface area contributed by atoms with Gasteiger partial charge in [0.05, 0.1) is 22.6 Å². The van der Waals surface area contributed by atoms with Crippen LogP contribution in [-0.4, -0.2) is 48.8 Å². The van der Waals surface area contributed by atoms with Gasteiger partial charge in [-0.15, -0.1) is 0 Å². The van der Waals surface area contributed by atoms with Gasteiger partial charge in [0.25, 0.3) is 0 Å². The molecule has 0 saturated heterocycles. The van der Waals surface area contributed by atoms with E-state index in [1.807, 2.05) is 53.2 Å². The molecule has 254 valence electrons. The molecule has 13 heteroatoms. The van der Waals surface area contributed by atoms with Crippen molar-refractivity contribution in [2.24, 2.45) is 0 Å². The fraction of sp³-hybridized carbons (Fsp3) is 0.194. The van der Waals surface area contributed by atoms with Crippen LogP contribution < -0.4 is 10.0 Å². The number of nitrogens with two attached hydrogens (primary N) is 1. The molecule has 0 amide bonds. The Morgan fingerprint density at radius 2 is 1.51 bits per heavy atom. The number of aromatic nitrogens is 2. The molecule has 9 nitrogen and oxygen atoms in total. The van der Waals surface area contributed by atoms with Crippen LogP contribution in [0.25, 0.3) is 28.1 Å². The van der Waals surface area contributed by atoms with E-state index in [1.54, 1.807) is 24.3 Å². The fourth-order valence-corrected chi connectivity index (χ4v) is 7.93. The second kappa shape index (κ2) is 13.9. The largest absolute Gasteiger partial charge is 0.493 e. The van der Waals surface area contributed by atoms with Gasteiger partial charge in [-0.2, -0.15) is 12.7 Å². The van der Waals surface area contributed by atoms with E-state index >= 15 is 0 Å². The summed E-state index contributed by atoms with van der Waals surface area (Å²) in [6.07, 6.45) is 3.60. The lowest BCUT2D eigenvalue weighted by atomic mass is 10.0. The standard InChI is InChI=1S/C36H37Cl2N5O4SSi/c1-49(2,3)19-18-47-24-43-36(44)23-42(48(43,45)46)31-15-13-30(14-16-31)41-22-34(32-17-10-28(37)21-33(32)38)40-35(41)20-25-4-6-26(7-5-25)27-8-11-29(39)12-9-27/h4-17,21-23,44H,18-20,24,39H2,1-3H3. The molecule has 1 aliphatic heterocycles. The first-order valence-electron chi connectivity index (χ1n) is 15.7. The molecule has 4 aromatic carbocycles. The van der Waals surface area contributed by atoms with Gasteiger partial charge in [0, 0.05) is 49.3 Å². The Balaban J connectivity index is 1.27. The van der Waals surface area contributed by atoms with Crippen molar-refractivity contribution < 1.29 is 18.3 Å². The summed E-state index contributed by atoms with van der Waals surface area (Å²) in [6, 6.07) is 29.2. The Morgan fingerprint density at radius 3 is 2.14 bits per heavy atom. The van der Waals surface area contributed by atoms with Crippen LogP contribution in [0, 0.1) is 0 Å². The van der Waals surface area contributed by atoms with E-state index in [1.165, 1.54) is 6.20 Å². The minimum atomic E-state index is -4.08. The van der Waals surface area contributed by atoms with Crippen molar-refractivity contribution in [3.05, 3.63) is 131 Å². The number of aliphatic hydroxyl groups excluding tert-OH is 1. The van der Waals surface area contributed by atoms with Gasteiger partial charge in [0.1, 0.15) is 12.6 Å². The molecule has 5 aromatic rings. The zero-order valence-electron chi connectivity index (χ0n) is 27.3. The maximum Gasteiger partial charge on any atom is 0.334 e. The highest BCUT2D eigenvalue weighted by atomic mass is 35.5. The van der Waals surface area contributed by atoms with E-state index < -0.39 is 24.2 Å². The highest BCUT2D eigenvalue weighted by molar-refractivity contribution is 7.91. The van der Waals surface area contributed by atoms with Gasteiger partial charge >= 0.3 is 10.2 Å². The van der Waals surface area contributed by atoms with Gasteiger partial charge in [-0.1, -0.05) is 79.2 Å². The summed E-state index contributed by atoms with van der Waals surface area (Å²) in [5.74, 6) is 0.350. The maximum absolute atomic E-state index is 13.4. The monoisotopic (exact) mass is 733 g/mol. The highest BCUT2D eigenvalue weighted by Crippen LogP contribution is 2.33. The summed E-state index contributed by atoms with van der Waals surface area (Å²) in [5, 5.41) is 11.5. The first kappa shape index (κ1) is 34.6. The summed E-state index contributed by atoms with van der Waals surface area (Å²) < 4.78 is 36.3. The molecule has 0 aliphatic carbocycles. The van der Waals surface area contributed by atoms with Crippen LogP contribution in [0.4, 0.5) is 11.4 Å². The Kier molecular flexibility index (Phi) is 9.83. The number of benzene rings is 4. The van der Waals surface area contributed by atoms with Crippen molar-refractivity contribution in [3.63, 3.8) is 0 Å². The zero-order valence-corrected chi connectivity index (χ0v) is 30.7. The summed E-state index contributed by atoms with van der Waals surface area (Å²) in [6.45, 7) is 6.80. The fourth-order valence-electron chi connectivity index (χ4n) is 5.35. The van der Waals surface area contributed by atoms with Gasteiger partial charge in [-0.25, -0.2) is 9.29 Å². The number of nitrogens with zero attached hydrogens (tertiary/aromatic N) is 4. The molecule has 0 atom stereocenters. The van der Waals surface area contributed by atoms with E-state index in [2.05, 4.69) is 43.9 Å². The Bertz CT molecular complexity index is 2100. The molecule has 0 spiro atoms. The minimum Gasteiger partial charge on any atom is -0.493 e. The maximum atomic E-state index is 13.4. The average Bonchev–Trinajstić information content (AvgIpc) is 3.56. The lowest BCUT2D eigenvalue weighted by Crippen LogP contribution is -2.36. The lowest BCUT2D eigenvalue weighted by Gasteiger charge is -2.22. The molecule has 6 rings (SSSR count). The lowest BCUT2D eigenvalue weighted by molar-refractivity contribution is 0.0747. The SMILES string of the molecule is C[Si](C)(C)CCOCN1C(O)=CN(c2ccc(-n3cc(-c4ccc(Cl)cc4Cl)nc3Cc3ccc(-c4ccc(N)cc4)cc3)cc2)S1(=O)=O. The van der Waals surface area contributed by atoms with Crippen LogP contribution in [0.2, 0.25) is 35.7 Å². The van der Waals surface area contributed by atoms with Crippen molar-refractivity contribution in [2.75, 3.05) is 23.4 Å². The predicted molar refractivity (Wildman–Crippen MR) is 201 cm³/mol. The van der Waals surface area contributed by atoms with Gasteiger partial charge in [-0.3, -0.25) is 0 Å². The molecule has 2 heterocycles. The second-order valence-electron chi connectivity index (χ2n) is 13.0. The molecule has 1 aromatic heterocycles. The molecule has 0 unspecified atom stereocenters. The first-order chi connectivity index (χ1) is 23.3. The van der Waals surface area contributed by atoms with E-state index in [9.17, 15) is 13.5 Å². The number of imidazole rings is 1. The number of anilines is 2. The van der Waals surface area contributed by atoms with Crippen LogP contribution >= 0.6 is 23.2 Å². The van der Waals surface area contributed by atoms with Gasteiger partial charge < -0.3 is 20.1 Å². The third-order valence-corrected chi connectivity index (χ3v) is 12.1. The van der Waals surface area contributed by atoms with Crippen molar-refractivity contribution in [1.29, 1.82) is 0 Å². The molecular formula is C36H37Cl2N5O4SSi. The first-order valence-corrected chi connectivity index (χ1v) is 21.5. The Labute approximate surface area is 298 Å². The Hall–Kier alpha value is -4.26. The molecule has 3 N–H and O–H groups in total. The topological polar surface area (TPSA) is 114 Å². The van der Waals surface area contributed by atoms with E-state index in [-0.39, 0.29) is 6.73 Å². The number of nitrogen functional groups attached to an aromatic ring is 1. The number of halogens is 2. The van der Waals surface area contributed by atoms with Crippen molar-refractivity contribution in [2.45, 2.75) is 32.1 Å².